The molecule has 8 heteroatoms. The quantitative estimate of drug-likeness (QED) is 0.551. The van der Waals surface area contributed by atoms with Crippen LogP contribution in [0.1, 0.15) is 15.9 Å². The first kappa shape index (κ1) is 16.0. The number of nitrogens with one attached hydrogen (secondary N) is 1. The third-order valence-corrected chi connectivity index (χ3v) is 3.02. The monoisotopic (exact) mass is 316 g/mol. The summed E-state index contributed by atoms with van der Waals surface area (Å²) in [6.45, 7) is 0. The van der Waals surface area contributed by atoms with Crippen LogP contribution in [0.4, 0.5) is 17.1 Å². The van der Waals surface area contributed by atoms with Gasteiger partial charge in [0.2, 0.25) is 0 Å². The van der Waals surface area contributed by atoms with Crippen LogP contribution in [0.3, 0.4) is 0 Å². The number of hydrogen-bond donors (Lipinski definition) is 3. The van der Waals surface area contributed by atoms with Crippen molar-refractivity contribution >= 4 is 29.0 Å². The Balaban J connectivity index is 2.45. The van der Waals surface area contributed by atoms with Crippen LogP contribution in [0.15, 0.2) is 42.5 Å². The van der Waals surface area contributed by atoms with Gasteiger partial charge in [-0.1, -0.05) is 18.2 Å². The van der Waals surface area contributed by atoms with Crippen molar-refractivity contribution in [1.29, 1.82) is 0 Å². The summed E-state index contributed by atoms with van der Waals surface area (Å²) in [6, 6.07) is 9.96. The van der Waals surface area contributed by atoms with Gasteiger partial charge in [-0.25, -0.2) is 4.79 Å². The minimum absolute atomic E-state index is 0.155. The lowest BCUT2D eigenvalue weighted by Gasteiger charge is -2.11. The Kier molecular flexibility index (Phi) is 4.55. The number of benzene rings is 2. The molecule has 118 valence electrons. The summed E-state index contributed by atoms with van der Waals surface area (Å²) in [5.74, 6) is -2.32. The molecule has 2 rings (SSSR count). The topological polar surface area (TPSA) is 130 Å². The number of aromatic carboxylic acids is 1. The van der Waals surface area contributed by atoms with E-state index in [1.165, 1.54) is 24.3 Å². The second-order valence-electron chi connectivity index (χ2n) is 4.66. The van der Waals surface area contributed by atoms with Crippen LogP contribution < -0.4 is 5.32 Å². The molecule has 0 unspecified atom stereocenters. The van der Waals surface area contributed by atoms with Crippen molar-refractivity contribution in [3.05, 3.63) is 63.7 Å². The Hall–Kier alpha value is -3.42. The van der Waals surface area contributed by atoms with Gasteiger partial charge in [-0.05, 0) is 23.8 Å². The predicted octanol–water partition coefficient (Wildman–Crippen LogP) is 2.66. The average Bonchev–Trinajstić information content (AvgIpc) is 2.46. The summed E-state index contributed by atoms with van der Waals surface area (Å²) >= 11 is 0. The van der Waals surface area contributed by atoms with Crippen LogP contribution in [0.25, 0.3) is 0 Å². The second-order valence-corrected chi connectivity index (χ2v) is 4.66. The van der Waals surface area contributed by atoms with Crippen LogP contribution in [0.5, 0.6) is 0 Å². The van der Waals surface area contributed by atoms with Gasteiger partial charge >= 0.3 is 11.9 Å². The zero-order chi connectivity index (χ0) is 17.0. The molecule has 3 N–H and O–H groups in total. The number of carboxylic acid groups (broad SMARTS) is 2. The first-order valence-corrected chi connectivity index (χ1v) is 6.47. The van der Waals surface area contributed by atoms with E-state index in [1.54, 1.807) is 18.2 Å². The van der Waals surface area contributed by atoms with Gasteiger partial charge in [0.15, 0.2) is 0 Å². The molecule has 0 aromatic heterocycles. The third-order valence-electron chi connectivity index (χ3n) is 3.02. The van der Waals surface area contributed by atoms with Crippen molar-refractivity contribution in [2.75, 3.05) is 5.32 Å². The van der Waals surface area contributed by atoms with Crippen molar-refractivity contribution in [3.63, 3.8) is 0 Å². The normalized spacial score (nSPS) is 10.1. The standard InChI is InChI=1S/C15H12N2O6/c18-13(19)8-9-3-1-4-10(7-9)16-14-11(15(20)21)5-2-6-12(14)17(22)23/h1-7,16H,8H2,(H,18,19)(H,20,21). The minimum Gasteiger partial charge on any atom is -0.481 e. The molecule has 2 aromatic rings. The van der Waals surface area contributed by atoms with Gasteiger partial charge in [0, 0.05) is 11.8 Å². The van der Waals surface area contributed by atoms with Crippen molar-refractivity contribution in [2.24, 2.45) is 0 Å². The van der Waals surface area contributed by atoms with E-state index in [0.29, 0.717) is 11.3 Å². The predicted molar refractivity (Wildman–Crippen MR) is 81.1 cm³/mol. The van der Waals surface area contributed by atoms with Crippen molar-refractivity contribution in [3.8, 4) is 0 Å². The number of aliphatic carboxylic acids is 1. The number of para-hydroxylation sites is 1. The number of carbonyl (C=O) groups is 2. The molecule has 0 aliphatic heterocycles. The van der Waals surface area contributed by atoms with Crippen LogP contribution in [-0.4, -0.2) is 27.1 Å². The molecule has 2 aromatic carbocycles. The number of nitro groups is 1. The maximum Gasteiger partial charge on any atom is 0.338 e. The van der Waals surface area contributed by atoms with Crippen LogP contribution in [0, 0.1) is 10.1 Å². The molecular formula is C15H12N2O6. The fraction of sp³-hybridized carbons (Fsp3) is 0.0667. The van der Waals surface area contributed by atoms with E-state index < -0.39 is 16.9 Å². The van der Waals surface area contributed by atoms with E-state index in [0.717, 1.165) is 0 Å². The molecule has 0 heterocycles. The first-order valence-electron chi connectivity index (χ1n) is 6.47. The lowest BCUT2D eigenvalue weighted by atomic mass is 10.1. The summed E-state index contributed by atoms with van der Waals surface area (Å²) < 4.78 is 0. The highest BCUT2D eigenvalue weighted by molar-refractivity contribution is 5.98. The number of carboxylic acids is 2. The molecule has 0 amide bonds. The molecule has 0 atom stereocenters. The second kappa shape index (κ2) is 6.56. The van der Waals surface area contributed by atoms with Gasteiger partial charge in [-0.2, -0.15) is 0 Å². The van der Waals surface area contributed by atoms with Crippen molar-refractivity contribution in [2.45, 2.75) is 6.42 Å². The first-order chi connectivity index (χ1) is 10.9. The fourth-order valence-electron chi connectivity index (χ4n) is 2.08. The van der Waals surface area contributed by atoms with Gasteiger partial charge < -0.3 is 15.5 Å². The average molecular weight is 316 g/mol. The van der Waals surface area contributed by atoms with E-state index >= 15 is 0 Å². The van der Waals surface area contributed by atoms with Crippen LogP contribution in [-0.2, 0) is 11.2 Å². The van der Waals surface area contributed by atoms with E-state index in [-0.39, 0.29) is 23.4 Å². The minimum atomic E-state index is -1.31. The summed E-state index contributed by atoms with van der Waals surface area (Å²) in [6.07, 6.45) is -0.210. The highest BCUT2D eigenvalue weighted by atomic mass is 16.6. The van der Waals surface area contributed by atoms with Gasteiger partial charge in [-0.3, -0.25) is 14.9 Å². The van der Waals surface area contributed by atoms with Crippen LogP contribution in [0.2, 0.25) is 0 Å². The van der Waals surface area contributed by atoms with Gasteiger partial charge in [0.25, 0.3) is 5.69 Å². The molecule has 8 nitrogen and oxygen atoms in total. The summed E-state index contributed by atoms with van der Waals surface area (Å²) in [5.41, 5.74) is 0.0624. The van der Waals surface area contributed by atoms with Crippen LogP contribution >= 0.6 is 0 Å². The molecular weight excluding hydrogens is 304 g/mol. The molecule has 0 radical (unpaired) electrons. The largest absolute Gasteiger partial charge is 0.481 e. The highest BCUT2D eigenvalue weighted by Crippen LogP contribution is 2.31. The van der Waals surface area contributed by atoms with E-state index in [9.17, 15) is 24.8 Å². The molecule has 0 bridgehead atoms. The van der Waals surface area contributed by atoms with Gasteiger partial charge in [-0.15, -0.1) is 0 Å². The van der Waals surface area contributed by atoms with Crippen molar-refractivity contribution in [1.82, 2.24) is 0 Å². The van der Waals surface area contributed by atoms with Gasteiger partial charge in [0.1, 0.15) is 5.69 Å². The summed E-state index contributed by atoms with van der Waals surface area (Å²) in [5, 5.41) is 31.8. The van der Waals surface area contributed by atoms with E-state index in [2.05, 4.69) is 5.32 Å². The molecule has 0 aliphatic carbocycles. The number of anilines is 2. The molecule has 23 heavy (non-hydrogen) atoms. The zero-order valence-corrected chi connectivity index (χ0v) is 11.7. The Labute approximate surface area is 130 Å². The zero-order valence-electron chi connectivity index (χ0n) is 11.7. The Morgan fingerprint density at radius 3 is 2.43 bits per heavy atom. The van der Waals surface area contributed by atoms with E-state index in [4.69, 9.17) is 5.11 Å². The number of rotatable bonds is 6. The smallest absolute Gasteiger partial charge is 0.338 e. The Bertz CT molecular complexity index is 755. The summed E-state index contributed by atoms with van der Waals surface area (Å²) in [7, 11) is 0. The number of hydrogen-bond acceptors (Lipinski definition) is 5. The molecule has 0 fully saturated rings. The lowest BCUT2D eigenvalue weighted by Crippen LogP contribution is -2.06. The number of nitrogens with zero attached hydrogens (tertiary/aromatic N) is 1. The number of nitro benzene ring substituents is 1. The summed E-state index contributed by atoms with van der Waals surface area (Å²) in [4.78, 5) is 32.4. The molecule has 0 saturated carbocycles. The SMILES string of the molecule is O=C(O)Cc1cccc(Nc2c(C(=O)O)cccc2[N+](=O)[O-])c1. The lowest BCUT2D eigenvalue weighted by molar-refractivity contribution is -0.383. The van der Waals surface area contributed by atoms with E-state index in [1.807, 2.05) is 0 Å². The maximum absolute atomic E-state index is 11.3. The third kappa shape index (κ3) is 3.82. The Morgan fingerprint density at radius 2 is 1.83 bits per heavy atom. The Morgan fingerprint density at radius 1 is 1.13 bits per heavy atom. The highest BCUT2D eigenvalue weighted by Gasteiger charge is 2.21. The molecule has 0 saturated heterocycles. The molecule has 0 aliphatic rings. The van der Waals surface area contributed by atoms with Gasteiger partial charge in [0.05, 0.1) is 16.9 Å². The fourth-order valence-corrected chi connectivity index (χ4v) is 2.08. The molecule has 0 spiro atoms. The van der Waals surface area contributed by atoms with Crippen molar-refractivity contribution < 1.29 is 24.7 Å². The maximum atomic E-state index is 11.3.